The molecule has 0 amide bonds. The number of phenolic OH excluding ortho intramolecular Hbond substituents is 1. The number of rotatable bonds is 1. The molecule has 0 aliphatic heterocycles. The Morgan fingerprint density at radius 3 is 2.80 bits per heavy atom. The first-order chi connectivity index (χ1) is 7.09. The molecule has 15 heavy (non-hydrogen) atoms. The lowest BCUT2D eigenvalue weighted by molar-refractivity contribution is 0.426. The molecular formula is C10H9FN2O2. The van der Waals surface area contributed by atoms with E-state index in [9.17, 15) is 9.50 Å². The Hall–Kier alpha value is -2.04. The van der Waals surface area contributed by atoms with Gasteiger partial charge in [-0.2, -0.15) is 0 Å². The summed E-state index contributed by atoms with van der Waals surface area (Å²) in [6.07, 6.45) is 0. The summed E-state index contributed by atoms with van der Waals surface area (Å²) in [6.45, 7) is 1.57. The van der Waals surface area contributed by atoms with Gasteiger partial charge in [0.1, 0.15) is 5.69 Å². The fraction of sp³-hybridized carbons (Fsp3) is 0.100. The highest BCUT2D eigenvalue weighted by Gasteiger charge is 2.14. The molecule has 1 aromatic carbocycles. The SMILES string of the molecule is Cc1ccc(-c2cc(N)on2)c(O)c1F. The van der Waals surface area contributed by atoms with E-state index in [0.29, 0.717) is 11.3 Å². The molecule has 78 valence electrons. The fourth-order valence-electron chi connectivity index (χ4n) is 1.29. The average molecular weight is 208 g/mol. The van der Waals surface area contributed by atoms with Gasteiger partial charge in [-0.3, -0.25) is 0 Å². The van der Waals surface area contributed by atoms with Crippen molar-refractivity contribution in [1.29, 1.82) is 0 Å². The van der Waals surface area contributed by atoms with Crippen molar-refractivity contribution in [2.45, 2.75) is 6.92 Å². The average Bonchev–Trinajstić information content (AvgIpc) is 2.61. The van der Waals surface area contributed by atoms with Gasteiger partial charge in [-0.25, -0.2) is 4.39 Å². The molecular weight excluding hydrogens is 199 g/mol. The molecule has 0 fully saturated rings. The summed E-state index contributed by atoms with van der Waals surface area (Å²) in [5, 5.41) is 13.1. The molecule has 2 aromatic rings. The van der Waals surface area contributed by atoms with E-state index in [1.165, 1.54) is 6.07 Å². The molecule has 0 unspecified atom stereocenters. The maximum absolute atomic E-state index is 13.3. The Balaban J connectivity index is 2.59. The zero-order chi connectivity index (χ0) is 11.0. The number of nitrogen functional groups attached to an aromatic ring is 1. The number of aryl methyl sites for hydroxylation is 1. The van der Waals surface area contributed by atoms with Crippen LogP contribution in [0.5, 0.6) is 5.75 Å². The molecule has 0 aliphatic rings. The molecule has 0 spiro atoms. The highest BCUT2D eigenvalue weighted by molar-refractivity contribution is 5.68. The molecule has 5 heteroatoms. The molecule has 1 aromatic heterocycles. The van der Waals surface area contributed by atoms with Crippen molar-refractivity contribution in [3.63, 3.8) is 0 Å². The van der Waals surface area contributed by atoms with Crippen molar-refractivity contribution in [2.75, 3.05) is 5.73 Å². The standard InChI is InChI=1S/C10H9FN2O2/c1-5-2-3-6(10(14)9(5)11)7-4-8(12)15-13-7/h2-4,14H,12H2,1H3. The summed E-state index contributed by atoms with van der Waals surface area (Å²) in [5.74, 6) is -0.984. The molecule has 0 bridgehead atoms. The lowest BCUT2D eigenvalue weighted by atomic mass is 10.1. The molecule has 0 saturated carbocycles. The smallest absolute Gasteiger partial charge is 0.222 e. The van der Waals surface area contributed by atoms with E-state index in [1.807, 2.05) is 0 Å². The van der Waals surface area contributed by atoms with Crippen molar-refractivity contribution in [2.24, 2.45) is 0 Å². The fourth-order valence-corrected chi connectivity index (χ4v) is 1.29. The first kappa shape index (κ1) is 9.51. The number of aromatic hydroxyl groups is 1. The predicted molar refractivity (Wildman–Crippen MR) is 52.7 cm³/mol. The number of nitrogens with zero attached hydrogens (tertiary/aromatic N) is 1. The Kier molecular flexibility index (Phi) is 2.07. The number of nitrogens with two attached hydrogens (primary N) is 1. The summed E-state index contributed by atoms with van der Waals surface area (Å²) >= 11 is 0. The molecule has 4 nitrogen and oxygen atoms in total. The zero-order valence-corrected chi connectivity index (χ0v) is 7.99. The quantitative estimate of drug-likeness (QED) is 0.752. The Bertz CT molecular complexity index is 508. The number of anilines is 1. The molecule has 3 N–H and O–H groups in total. The van der Waals surface area contributed by atoms with Gasteiger partial charge in [-0.1, -0.05) is 11.2 Å². The zero-order valence-electron chi connectivity index (χ0n) is 7.99. The minimum atomic E-state index is -0.658. The third-order valence-corrected chi connectivity index (χ3v) is 2.11. The summed E-state index contributed by atoms with van der Waals surface area (Å²) in [6, 6.07) is 4.53. The topological polar surface area (TPSA) is 72.3 Å². The highest BCUT2D eigenvalue weighted by atomic mass is 19.1. The van der Waals surface area contributed by atoms with Crippen LogP contribution in [-0.2, 0) is 0 Å². The second kappa shape index (κ2) is 3.27. The van der Waals surface area contributed by atoms with Crippen LogP contribution in [0.4, 0.5) is 10.3 Å². The van der Waals surface area contributed by atoms with E-state index < -0.39 is 11.6 Å². The van der Waals surface area contributed by atoms with E-state index in [4.69, 9.17) is 5.73 Å². The van der Waals surface area contributed by atoms with Gasteiger partial charge in [-0.15, -0.1) is 0 Å². The van der Waals surface area contributed by atoms with Crippen LogP contribution in [0.1, 0.15) is 5.56 Å². The number of halogens is 1. The number of aromatic nitrogens is 1. The van der Waals surface area contributed by atoms with E-state index >= 15 is 0 Å². The first-order valence-electron chi connectivity index (χ1n) is 4.30. The summed E-state index contributed by atoms with van der Waals surface area (Å²) < 4.78 is 18.0. The van der Waals surface area contributed by atoms with Crippen molar-refractivity contribution < 1.29 is 14.0 Å². The number of benzene rings is 1. The van der Waals surface area contributed by atoms with E-state index in [2.05, 4.69) is 9.68 Å². The summed E-state index contributed by atoms with van der Waals surface area (Å²) in [4.78, 5) is 0. The normalized spacial score (nSPS) is 10.5. The molecule has 1 heterocycles. The van der Waals surface area contributed by atoms with Crippen LogP contribution in [0, 0.1) is 12.7 Å². The van der Waals surface area contributed by atoms with Crippen molar-refractivity contribution in [3.05, 3.63) is 29.6 Å². The van der Waals surface area contributed by atoms with Crippen molar-refractivity contribution in [1.82, 2.24) is 5.16 Å². The molecule has 0 radical (unpaired) electrons. The Labute approximate surface area is 85.1 Å². The summed E-state index contributed by atoms with van der Waals surface area (Å²) in [5.41, 5.74) is 6.27. The van der Waals surface area contributed by atoms with Gasteiger partial charge in [-0.05, 0) is 18.6 Å². The predicted octanol–water partition coefficient (Wildman–Crippen LogP) is 2.08. The lowest BCUT2D eigenvalue weighted by Gasteiger charge is -2.03. The third-order valence-electron chi connectivity index (χ3n) is 2.11. The maximum atomic E-state index is 13.3. The third kappa shape index (κ3) is 1.52. The molecule has 0 aliphatic carbocycles. The van der Waals surface area contributed by atoms with E-state index in [-0.39, 0.29) is 11.4 Å². The largest absolute Gasteiger partial charge is 0.504 e. The van der Waals surface area contributed by atoms with Gasteiger partial charge in [0.2, 0.25) is 5.88 Å². The van der Waals surface area contributed by atoms with Gasteiger partial charge >= 0.3 is 0 Å². The van der Waals surface area contributed by atoms with Crippen LogP contribution in [0.25, 0.3) is 11.3 Å². The molecule has 0 atom stereocenters. The van der Waals surface area contributed by atoms with Crippen LogP contribution in [0.15, 0.2) is 22.7 Å². The van der Waals surface area contributed by atoms with Crippen LogP contribution >= 0.6 is 0 Å². The monoisotopic (exact) mass is 208 g/mol. The number of hydrogen-bond acceptors (Lipinski definition) is 4. The van der Waals surface area contributed by atoms with Crippen molar-refractivity contribution >= 4 is 5.88 Å². The van der Waals surface area contributed by atoms with Crippen LogP contribution < -0.4 is 5.73 Å². The summed E-state index contributed by atoms with van der Waals surface area (Å²) in [7, 11) is 0. The number of phenols is 1. The second-order valence-electron chi connectivity index (χ2n) is 3.21. The lowest BCUT2D eigenvalue weighted by Crippen LogP contribution is -1.87. The molecule has 0 saturated heterocycles. The number of hydrogen-bond donors (Lipinski definition) is 2. The minimum absolute atomic E-state index is 0.116. The molecule has 2 rings (SSSR count). The van der Waals surface area contributed by atoms with Crippen LogP contribution in [0.2, 0.25) is 0 Å². The Morgan fingerprint density at radius 1 is 1.47 bits per heavy atom. The van der Waals surface area contributed by atoms with Crippen LogP contribution in [0.3, 0.4) is 0 Å². The van der Waals surface area contributed by atoms with Crippen LogP contribution in [-0.4, -0.2) is 10.3 Å². The second-order valence-corrected chi connectivity index (χ2v) is 3.21. The maximum Gasteiger partial charge on any atom is 0.222 e. The van der Waals surface area contributed by atoms with Gasteiger partial charge in [0.15, 0.2) is 11.6 Å². The van der Waals surface area contributed by atoms with Crippen molar-refractivity contribution in [3.8, 4) is 17.0 Å². The first-order valence-corrected chi connectivity index (χ1v) is 4.30. The highest BCUT2D eigenvalue weighted by Crippen LogP contribution is 2.32. The van der Waals surface area contributed by atoms with Gasteiger partial charge in [0, 0.05) is 11.6 Å². The van der Waals surface area contributed by atoms with E-state index in [1.54, 1.807) is 19.1 Å². The van der Waals surface area contributed by atoms with E-state index in [0.717, 1.165) is 0 Å². The minimum Gasteiger partial charge on any atom is -0.504 e. The Morgan fingerprint density at radius 2 is 2.20 bits per heavy atom. The van der Waals surface area contributed by atoms with Gasteiger partial charge in [0.25, 0.3) is 0 Å². The van der Waals surface area contributed by atoms with Gasteiger partial charge in [0.05, 0.1) is 0 Å². The van der Waals surface area contributed by atoms with Gasteiger partial charge < -0.3 is 15.4 Å².